The number of nitrogens with one attached hydrogen (secondary N) is 1. The van der Waals surface area contributed by atoms with Crippen LogP contribution in [0.1, 0.15) is 11.1 Å². The fourth-order valence-electron chi connectivity index (χ4n) is 2.32. The molecule has 0 saturated carbocycles. The van der Waals surface area contributed by atoms with E-state index in [0.717, 1.165) is 27.6 Å². The van der Waals surface area contributed by atoms with Crippen LogP contribution in [-0.2, 0) is 9.84 Å². The molecular weight excluding hydrogens is 340 g/mol. The zero-order valence-corrected chi connectivity index (χ0v) is 15.3. The van der Waals surface area contributed by atoms with E-state index in [0.29, 0.717) is 4.90 Å². The smallest absolute Gasteiger partial charge is 0.187 e. The van der Waals surface area contributed by atoms with Crippen LogP contribution in [0.25, 0.3) is 11.3 Å². The fourth-order valence-corrected chi connectivity index (χ4v) is 3.68. The van der Waals surface area contributed by atoms with Gasteiger partial charge in [0, 0.05) is 22.9 Å². The van der Waals surface area contributed by atoms with Gasteiger partial charge in [-0.2, -0.15) is 0 Å². The van der Waals surface area contributed by atoms with E-state index in [1.165, 1.54) is 23.2 Å². The standard InChI is InChI=1S/C18H18N2O2S2/c1-12-4-5-13(2)16(10-12)19-18-20-17(11-23-18)14-6-8-15(9-7-14)24(3,21)22/h4-11H,1-3H3,(H,19,20). The monoisotopic (exact) mass is 358 g/mol. The highest BCUT2D eigenvalue weighted by molar-refractivity contribution is 7.90. The Balaban J connectivity index is 1.84. The zero-order valence-electron chi connectivity index (χ0n) is 13.7. The predicted octanol–water partition coefficient (Wildman–Crippen LogP) is 4.57. The van der Waals surface area contributed by atoms with Crippen molar-refractivity contribution in [1.29, 1.82) is 0 Å². The first-order valence-electron chi connectivity index (χ1n) is 7.43. The molecule has 0 spiro atoms. The lowest BCUT2D eigenvalue weighted by Gasteiger charge is -2.07. The van der Waals surface area contributed by atoms with Crippen molar-refractivity contribution in [3.05, 3.63) is 59.0 Å². The lowest BCUT2D eigenvalue weighted by atomic mass is 10.1. The molecule has 2 aromatic carbocycles. The summed E-state index contributed by atoms with van der Waals surface area (Å²) in [6.45, 7) is 4.11. The van der Waals surface area contributed by atoms with Crippen molar-refractivity contribution < 1.29 is 8.42 Å². The number of hydrogen-bond donors (Lipinski definition) is 1. The number of anilines is 2. The first kappa shape index (κ1) is 16.7. The van der Waals surface area contributed by atoms with E-state index >= 15 is 0 Å². The minimum atomic E-state index is -3.18. The second-order valence-electron chi connectivity index (χ2n) is 5.78. The van der Waals surface area contributed by atoms with Gasteiger partial charge in [0.2, 0.25) is 0 Å². The minimum absolute atomic E-state index is 0.315. The highest BCUT2D eigenvalue weighted by Gasteiger charge is 2.09. The number of hydrogen-bond acceptors (Lipinski definition) is 5. The number of nitrogens with zero attached hydrogens (tertiary/aromatic N) is 1. The van der Waals surface area contributed by atoms with Gasteiger partial charge in [0.1, 0.15) is 0 Å². The lowest BCUT2D eigenvalue weighted by Crippen LogP contribution is -1.96. The van der Waals surface area contributed by atoms with E-state index in [1.807, 2.05) is 5.38 Å². The number of benzene rings is 2. The van der Waals surface area contributed by atoms with Crippen LogP contribution >= 0.6 is 11.3 Å². The van der Waals surface area contributed by atoms with Crippen LogP contribution in [0.5, 0.6) is 0 Å². The molecule has 0 aliphatic heterocycles. The molecule has 0 amide bonds. The number of aryl methyl sites for hydroxylation is 2. The summed E-state index contributed by atoms with van der Waals surface area (Å²) in [5.74, 6) is 0. The van der Waals surface area contributed by atoms with Crippen LogP contribution in [0.3, 0.4) is 0 Å². The summed E-state index contributed by atoms with van der Waals surface area (Å²) < 4.78 is 23.0. The normalized spacial score (nSPS) is 11.5. The van der Waals surface area contributed by atoms with Crippen molar-refractivity contribution in [1.82, 2.24) is 4.98 Å². The molecule has 0 saturated heterocycles. The van der Waals surface area contributed by atoms with Gasteiger partial charge in [0.05, 0.1) is 10.6 Å². The molecule has 0 radical (unpaired) electrons. The van der Waals surface area contributed by atoms with E-state index in [4.69, 9.17) is 0 Å². The maximum Gasteiger partial charge on any atom is 0.187 e. The van der Waals surface area contributed by atoms with E-state index < -0.39 is 9.84 Å². The summed E-state index contributed by atoms with van der Waals surface area (Å²) in [4.78, 5) is 4.91. The van der Waals surface area contributed by atoms with Crippen LogP contribution in [0, 0.1) is 13.8 Å². The topological polar surface area (TPSA) is 59.1 Å². The van der Waals surface area contributed by atoms with Crippen molar-refractivity contribution >= 4 is 32.0 Å². The molecule has 0 aliphatic rings. The van der Waals surface area contributed by atoms with E-state index in [2.05, 4.69) is 42.3 Å². The van der Waals surface area contributed by atoms with Gasteiger partial charge in [0.15, 0.2) is 15.0 Å². The van der Waals surface area contributed by atoms with Crippen LogP contribution in [-0.4, -0.2) is 19.7 Å². The molecule has 3 rings (SSSR count). The summed E-state index contributed by atoms with van der Waals surface area (Å²) in [5, 5.41) is 6.12. The predicted molar refractivity (Wildman–Crippen MR) is 99.9 cm³/mol. The van der Waals surface area contributed by atoms with Gasteiger partial charge < -0.3 is 5.32 Å². The molecule has 0 aliphatic carbocycles. The minimum Gasteiger partial charge on any atom is -0.331 e. The van der Waals surface area contributed by atoms with Crippen LogP contribution in [0.15, 0.2) is 52.7 Å². The summed E-state index contributed by atoms with van der Waals surface area (Å²) in [6.07, 6.45) is 1.21. The maximum atomic E-state index is 11.5. The van der Waals surface area contributed by atoms with Crippen molar-refractivity contribution in [2.75, 3.05) is 11.6 Å². The van der Waals surface area contributed by atoms with Crippen LogP contribution < -0.4 is 5.32 Å². The summed E-state index contributed by atoms with van der Waals surface area (Å²) >= 11 is 1.52. The molecular formula is C18H18N2O2S2. The molecule has 0 unspecified atom stereocenters. The zero-order chi connectivity index (χ0) is 17.3. The summed E-state index contributed by atoms with van der Waals surface area (Å²) in [7, 11) is -3.18. The first-order valence-corrected chi connectivity index (χ1v) is 10.2. The number of sulfone groups is 1. The quantitative estimate of drug-likeness (QED) is 0.742. The second-order valence-corrected chi connectivity index (χ2v) is 8.65. The molecule has 4 nitrogen and oxygen atoms in total. The molecule has 0 bridgehead atoms. The Morgan fingerprint density at radius 1 is 1.04 bits per heavy atom. The van der Waals surface area contributed by atoms with E-state index in [1.54, 1.807) is 24.3 Å². The van der Waals surface area contributed by atoms with Crippen molar-refractivity contribution in [2.45, 2.75) is 18.7 Å². The third-order valence-electron chi connectivity index (χ3n) is 3.72. The molecule has 1 heterocycles. The highest BCUT2D eigenvalue weighted by atomic mass is 32.2. The molecule has 1 N–H and O–H groups in total. The Bertz CT molecular complexity index is 975. The molecule has 6 heteroatoms. The summed E-state index contributed by atoms with van der Waals surface area (Å²) in [6, 6.07) is 13.1. The van der Waals surface area contributed by atoms with E-state index in [-0.39, 0.29) is 0 Å². The maximum absolute atomic E-state index is 11.5. The van der Waals surface area contributed by atoms with Crippen molar-refractivity contribution in [3.63, 3.8) is 0 Å². The molecule has 3 aromatic rings. The lowest BCUT2D eigenvalue weighted by molar-refractivity contribution is 0.602. The first-order chi connectivity index (χ1) is 11.3. The van der Waals surface area contributed by atoms with Crippen molar-refractivity contribution in [2.24, 2.45) is 0 Å². The van der Waals surface area contributed by atoms with Gasteiger partial charge in [-0.05, 0) is 43.2 Å². The molecule has 124 valence electrons. The van der Waals surface area contributed by atoms with Gasteiger partial charge in [-0.3, -0.25) is 0 Å². The number of thiazole rings is 1. The third kappa shape index (κ3) is 3.66. The molecule has 0 atom stereocenters. The van der Waals surface area contributed by atoms with Gasteiger partial charge in [-0.15, -0.1) is 11.3 Å². The van der Waals surface area contributed by atoms with Crippen molar-refractivity contribution in [3.8, 4) is 11.3 Å². The summed E-state index contributed by atoms with van der Waals surface area (Å²) in [5.41, 5.74) is 5.12. The highest BCUT2D eigenvalue weighted by Crippen LogP contribution is 2.29. The fraction of sp³-hybridized carbons (Fsp3) is 0.167. The van der Waals surface area contributed by atoms with Gasteiger partial charge in [-0.25, -0.2) is 13.4 Å². The molecule has 24 heavy (non-hydrogen) atoms. The number of rotatable bonds is 4. The van der Waals surface area contributed by atoms with Crippen LogP contribution in [0.2, 0.25) is 0 Å². The Morgan fingerprint density at radius 2 is 1.75 bits per heavy atom. The van der Waals surface area contributed by atoms with Crippen LogP contribution in [0.4, 0.5) is 10.8 Å². The Labute approximate surface area is 146 Å². The largest absolute Gasteiger partial charge is 0.331 e. The molecule has 0 fully saturated rings. The molecule has 1 aromatic heterocycles. The average molecular weight is 358 g/mol. The van der Waals surface area contributed by atoms with E-state index in [9.17, 15) is 8.42 Å². The number of aromatic nitrogens is 1. The third-order valence-corrected chi connectivity index (χ3v) is 5.60. The van der Waals surface area contributed by atoms with Gasteiger partial charge in [-0.1, -0.05) is 24.3 Å². The Kier molecular flexibility index (Phi) is 4.43. The Hall–Kier alpha value is -2.18. The SMILES string of the molecule is Cc1ccc(C)c(Nc2nc(-c3ccc(S(C)(=O)=O)cc3)cs2)c1. The average Bonchev–Trinajstić information content (AvgIpc) is 2.99. The Morgan fingerprint density at radius 3 is 2.42 bits per heavy atom. The second kappa shape index (κ2) is 6.37. The van der Waals surface area contributed by atoms with Gasteiger partial charge in [0.25, 0.3) is 0 Å². The van der Waals surface area contributed by atoms with Gasteiger partial charge >= 0.3 is 0 Å².